The SMILES string of the molecule is C=CCCc1ccc2c(F)c(-c3ccc(-c4ccc(-c5ccccc5C(F)(F)F)c(F)c4)cc3)ccc2c1. The van der Waals surface area contributed by atoms with Crippen molar-refractivity contribution in [1.82, 2.24) is 0 Å². The van der Waals surface area contributed by atoms with Gasteiger partial charge in [0.15, 0.2) is 0 Å². The Hall–Kier alpha value is -4.25. The van der Waals surface area contributed by atoms with E-state index in [0.29, 0.717) is 27.6 Å². The molecule has 0 amide bonds. The second kappa shape index (κ2) is 10.3. The van der Waals surface area contributed by atoms with Crippen LogP contribution in [0.15, 0.2) is 110 Å². The Kier molecular flexibility index (Phi) is 6.85. The quantitative estimate of drug-likeness (QED) is 0.156. The number of aryl methyl sites for hydroxylation is 1. The van der Waals surface area contributed by atoms with Gasteiger partial charge >= 0.3 is 6.18 Å². The third-order valence-corrected chi connectivity index (χ3v) is 6.68. The summed E-state index contributed by atoms with van der Waals surface area (Å²) in [6.45, 7) is 3.74. The van der Waals surface area contributed by atoms with Gasteiger partial charge in [0.25, 0.3) is 0 Å². The standard InChI is InChI=1S/C33H23F5/c1-2-3-6-21-9-16-27-25(19-21)15-17-26(32(27)35)23-12-10-22(11-13-23)24-14-18-29(31(34)20-24)28-7-4-5-8-30(28)33(36,37)38/h2,4-5,7-20H,1,3,6H2. The highest BCUT2D eigenvalue weighted by Gasteiger charge is 2.33. The number of hydrogen-bond acceptors (Lipinski definition) is 0. The fourth-order valence-electron chi connectivity index (χ4n) is 4.71. The van der Waals surface area contributed by atoms with Crippen molar-refractivity contribution in [3.05, 3.63) is 132 Å². The lowest BCUT2D eigenvalue weighted by Gasteiger charge is -2.14. The van der Waals surface area contributed by atoms with E-state index >= 15 is 8.78 Å². The Morgan fingerprint density at radius 2 is 1.34 bits per heavy atom. The van der Waals surface area contributed by atoms with Crippen LogP contribution in [-0.2, 0) is 12.6 Å². The van der Waals surface area contributed by atoms with Crippen LogP contribution in [0, 0.1) is 11.6 Å². The molecule has 0 aromatic heterocycles. The maximum absolute atomic E-state index is 15.4. The first kappa shape index (κ1) is 25.4. The Bertz CT molecular complexity index is 1630. The van der Waals surface area contributed by atoms with Crippen LogP contribution in [0.3, 0.4) is 0 Å². The first-order valence-corrected chi connectivity index (χ1v) is 12.2. The lowest BCUT2D eigenvalue weighted by Crippen LogP contribution is -2.07. The van der Waals surface area contributed by atoms with Crippen LogP contribution < -0.4 is 0 Å². The van der Waals surface area contributed by atoms with Gasteiger partial charge in [-0.2, -0.15) is 13.2 Å². The molecule has 0 aliphatic carbocycles. The molecular formula is C33H23F5. The largest absolute Gasteiger partial charge is 0.417 e. The molecule has 5 rings (SSSR count). The first-order chi connectivity index (χ1) is 18.3. The molecule has 0 saturated heterocycles. The number of fused-ring (bicyclic) bond motifs is 1. The van der Waals surface area contributed by atoms with Crippen molar-refractivity contribution in [1.29, 1.82) is 0 Å². The summed E-state index contributed by atoms with van der Waals surface area (Å²) in [5.74, 6) is -1.07. The molecule has 0 spiro atoms. The normalized spacial score (nSPS) is 11.6. The smallest absolute Gasteiger partial charge is 0.206 e. The molecule has 0 fully saturated rings. The highest BCUT2D eigenvalue weighted by Crippen LogP contribution is 2.39. The summed E-state index contributed by atoms with van der Waals surface area (Å²) in [5.41, 5.74) is 2.19. The molecule has 0 saturated carbocycles. The van der Waals surface area contributed by atoms with Gasteiger partial charge in [-0.15, -0.1) is 6.58 Å². The Morgan fingerprint density at radius 3 is 2.05 bits per heavy atom. The molecule has 0 aliphatic heterocycles. The zero-order chi connectivity index (χ0) is 26.9. The number of alkyl halides is 3. The Morgan fingerprint density at radius 1 is 0.658 bits per heavy atom. The summed E-state index contributed by atoms with van der Waals surface area (Å²) in [6.07, 6.45) is -1.04. The molecular weight excluding hydrogens is 491 g/mol. The van der Waals surface area contributed by atoms with E-state index in [0.717, 1.165) is 29.9 Å². The van der Waals surface area contributed by atoms with Gasteiger partial charge in [0.1, 0.15) is 11.6 Å². The maximum Gasteiger partial charge on any atom is 0.417 e. The van der Waals surface area contributed by atoms with Crippen molar-refractivity contribution in [2.45, 2.75) is 19.0 Å². The molecule has 5 aromatic rings. The van der Waals surface area contributed by atoms with Gasteiger partial charge in [-0.1, -0.05) is 91.0 Å². The van der Waals surface area contributed by atoms with Crippen molar-refractivity contribution < 1.29 is 22.0 Å². The van der Waals surface area contributed by atoms with Gasteiger partial charge in [0.2, 0.25) is 0 Å². The summed E-state index contributed by atoms with van der Waals surface area (Å²) in [7, 11) is 0. The molecule has 0 atom stereocenters. The molecule has 5 aromatic carbocycles. The number of halogens is 5. The average Bonchev–Trinajstić information content (AvgIpc) is 2.92. The average molecular weight is 515 g/mol. The van der Waals surface area contributed by atoms with Crippen molar-refractivity contribution >= 4 is 10.8 Å². The zero-order valence-electron chi connectivity index (χ0n) is 20.3. The van der Waals surface area contributed by atoms with E-state index in [1.54, 1.807) is 42.5 Å². The minimum absolute atomic E-state index is 0.121. The molecule has 0 N–H and O–H groups in total. The van der Waals surface area contributed by atoms with E-state index in [2.05, 4.69) is 6.58 Å². The molecule has 0 unspecified atom stereocenters. The van der Waals surface area contributed by atoms with Crippen LogP contribution >= 0.6 is 0 Å². The van der Waals surface area contributed by atoms with Gasteiger partial charge in [0, 0.05) is 16.5 Å². The predicted octanol–water partition coefficient (Wildman–Crippen LogP) is 10.3. The summed E-state index contributed by atoms with van der Waals surface area (Å²) in [4.78, 5) is 0. The summed E-state index contributed by atoms with van der Waals surface area (Å²) >= 11 is 0. The van der Waals surface area contributed by atoms with Crippen molar-refractivity contribution in [2.75, 3.05) is 0 Å². The molecule has 0 bridgehead atoms. The zero-order valence-corrected chi connectivity index (χ0v) is 20.3. The predicted molar refractivity (Wildman–Crippen MR) is 144 cm³/mol. The highest BCUT2D eigenvalue weighted by molar-refractivity contribution is 5.89. The lowest BCUT2D eigenvalue weighted by atomic mass is 9.94. The van der Waals surface area contributed by atoms with Gasteiger partial charge in [-0.05, 0) is 58.2 Å². The maximum atomic E-state index is 15.4. The van der Waals surface area contributed by atoms with Gasteiger partial charge < -0.3 is 0 Å². The minimum atomic E-state index is -4.59. The number of rotatable bonds is 6. The third-order valence-electron chi connectivity index (χ3n) is 6.68. The molecule has 0 radical (unpaired) electrons. The van der Waals surface area contributed by atoms with Crippen LogP contribution in [0.4, 0.5) is 22.0 Å². The van der Waals surface area contributed by atoms with Crippen molar-refractivity contribution in [3.63, 3.8) is 0 Å². The Balaban J connectivity index is 1.44. The van der Waals surface area contributed by atoms with E-state index < -0.39 is 17.6 Å². The van der Waals surface area contributed by atoms with E-state index in [1.807, 2.05) is 24.3 Å². The summed E-state index contributed by atoms with van der Waals surface area (Å²) < 4.78 is 70.6. The summed E-state index contributed by atoms with van der Waals surface area (Å²) in [5, 5.41) is 1.36. The van der Waals surface area contributed by atoms with Gasteiger partial charge in [-0.3, -0.25) is 0 Å². The van der Waals surface area contributed by atoms with E-state index in [4.69, 9.17) is 0 Å². The molecule has 190 valence electrons. The van der Waals surface area contributed by atoms with Gasteiger partial charge in [-0.25, -0.2) is 8.78 Å². The van der Waals surface area contributed by atoms with Crippen LogP contribution in [0.5, 0.6) is 0 Å². The van der Waals surface area contributed by atoms with Crippen LogP contribution in [0.25, 0.3) is 44.2 Å². The molecule has 5 heteroatoms. The van der Waals surface area contributed by atoms with Crippen molar-refractivity contribution in [2.24, 2.45) is 0 Å². The molecule has 0 heterocycles. The monoisotopic (exact) mass is 514 g/mol. The molecule has 0 nitrogen and oxygen atoms in total. The van der Waals surface area contributed by atoms with Gasteiger partial charge in [0.05, 0.1) is 5.56 Å². The fourth-order valence-corrected chi connectivity index (χ4v) is 4.71. The van der Waals surface area contributed by atoms with Crippen molar-refractivity contribution in [3.8, 4) is 33.4 Å². The topological polar surface area (TPSA) is 0 Å². The lowest BCUT2D eigenvalue weighted by molar-refractivity contribution is -0.137. The third kappa shape index (κ3) is 4.97. The Labute approximate surface area is 217 Å². The van der Waals surface area contributed by atoms with Crippen LogP contribution in [-0.4, -0.2) is 0 Å². The highest BCUT2D eigenvalue weighted by atomic mass is 19.4. The van der Waals surface area contributed by atoms with E-state index in [1.165, 1.54) is 30.3 Å². The second-order valence-corrected chi connectivity index (χ2v) is 9.13. The number of hydrogen-bond donors (Lipinski definition) is 0. The number of allylic oxidation sites excluding steroid dienone is 1. The van der Waals surface area contributed by atoms with E-state index in [9.17, 15) is 13.2 Å². The molecule has 0 aliphatic rings. The first-order valence-electron chi connectivity index (χ1n) is 12.2. The summed E-state index contributed by atoms with van der Waals surface area (Å²) in [6, 6.07) is 25.4. The molecule has 38 heavy (non-hydrogen) atoms. The minimum Gasteiger partial charge on any atom is -0.206 e. The van der Waals surface area contributed by atoms with Crippen LogP contribution in [0.1, 0.15) is 17.5 Å². The number of benzene rings is 5. The van der Waals surface area contributed by atoms with E-state index in [-0.39, 0.29) is 16.9 Å². The second-order valence-electron chi connectivity index (χ2n) is 9.13. The fraction of sp³-hybridized carbons (Fsp3) is 0.0909. The van der Waals surface area contributed by atoms with Crippen LogP contribution in [0.2, 0.25) is 0 Å².